The summed E-state index contributed by atoms with van der Waals surface area (Å²) in [6, 6.07) is 16.3. The van der Waals surface area contributed by atoms with Crippen LogP contribution in [-0.4, -0.2) is 57.0 Å². The fraction of sp³-hybridized carbons (Fsp3) is 0.217. The molecule has 5 rings (SSSR count). The summed E-state index contributed by atoms with van der Waals surface area (Å²) in [6.45, 7) is 1.16. The van der Waals surface area contributed by atoms with Crippen LogP contribution in [0.25, 0.3) is 21.0 Å². The lowest BCUT2D eigenvalue weighted by Gasteiger charge is -2.26. The first-order valence-electron chi connectivity index (χ1n) is 10.3. The Hall–Kier alpha value is -3.05. The van der Waals surface area contributed by atoms with E-state index in [9.17, 15) is 13.2 Å². The van der Waals surface area contributed by atoms with E-state index in [0.717, 1.165) is 21.0 Å². The number of aromatic nitrogens is 1. The smallest absolute Gasteiger partial charge is 0.257 e. The van der Waals surface area contributed by atoms with Crippen LogP contribution < -0.4 is 10.1 Å². The van der Waals surface area contributed by atoms with Crippen LogP contribution in [0.2, 0.25) is 0 Å². The number of benzene rings is 3. The van der Waals surface area contributed by atoms with Gasteiger partial charge in [0, 0.05) is 24.0 Å². The minimum Gasteiger partial charge on any atom is -0.495 e. The number of methoxy groups -OCH3 is 1. The highest BCUT2D eigenvalue weighted by Gasteiger charge is 2.30. The molecule has 2 heterocycles. The number of carbonyl (C=O) groups is 1. The third-order valence-corrected chi connectivity index (χ3v) is 8.37. The quantitative estimate of drug-likeness (QED) is 0.465. The van der Waals surface area contributed by atoms with Crippen molar-refractivity contribution in [3.8, 4) is 5.75 Å². The molecule has 8 nitrogen and oxygen atoms in total. The summed E-state index contributed by atoms with van der Waals surface area (Å²) < 4.78 is 39.2. The van der Waals surface area contributed by atoms with Crippen molar-refractivity contribution >= 4 is 53.4 Å². The zero-order chi connectivity index (χ0) is 23.0. The Morgan fingerprint density at radius 2 is 1.91 bits per heavy atom. The molecule has 0 unspecified atom stereocenters. The van der Waals surface area contributed by atoms with E-state index in [4.69, 9.17) is 9.47 Å². The highest BCUT2D eigenvalue weighted by Crippen LogP contribution is 2.33. The van der Waals surface area contributed by atoms with E-state index < -0.39 is 15.9 Å². The average Bonchev–Trinajstić information content (AvgIpc) is 3.27. The summed E-state index contributed by atoms with van der Waals surface area (Å²) in [5, 5.41) is 5.33. The predicted molar refractivity (Wildman–Crippen MR) is 128 cm³/mol. The number of hydrogen-bond acceptors (Lipinski definition) is 7. The van der Waals surface area contributed by atoms with Gasteiger partial charge in [-0.3, -0.25) is 10.1 Å². The number of anilines is 1. The van der Waals surface area contributed by atoms with Crippen LogP contribution in [0.15, 0.2) is 59.5 Å². The van der Waals surface area contributed by atoms with E-state index >= 15 is 0 Å². The molecule has 1 saturated heterocycles. The third-order valence-electron chi connectivity index (χ3n) is 5.52. The number of rotatable bonds is 5. The maximum Gasteiger partial charge on any atom is 0.257 e. The number of fused-ring (bicyclic) bond motifs is 3. The van der Waals surface area contributed by atoms with Gasteiger partial charge in [0.15, 0.2) is 5.13 Å². The van der Waals surface area contributed by atoms with Crippen molar-refractivity contribution in [1.82, 2.24) is 9.29 Å². The Bertz CT molecular complexity index is 1460. The molecule has 1 aliphatic rings. The minimum atomic E-state index is -3.84. The first kappa shape index (κ1) is 21.8. The predicted octanol–water partition coefficient (Wildman–Crippen LogP) is 3.73. The molecular weight excluding hydrogens is 462 g/mol. The van der Waals surface area contributed by atoms with Gasteiger partial charge in [0.2, 0.25) is 10.0 Å². The summed E-state index contributed by atoms with van der Waals surface area (Å²) in [5.74, 6) is -0.260. The lowest BCUT2D eigenvalue weighted by atomic mass is 10.1. The summed E-state index contributed by atoms with van der Waals surface area (Å²) in [5.41, 5.74) is 1.02. The normalized spacial score (nSPS) is 15.1. The summed E-state index contributed by atoms with van der Waals surface area (Å²) in [7, 11) is -2.44. The second-order valence-electron chi connectivity index (χ2n) is 7.49. The van der Waals surface area contributed by atoms with Gasteiger partial charge < -0.3 is 9.47 Å². The van der Waals surface area contributed by atoms with Crippen molar-refractivity contribution in [2.45, 2.75) is 4.90 Å². The number of nitrogens with one attached hydrogen (secondary N) is 1. The molecule has 1 fully saturated rings. The van der Waals surface area contributed by atoms with E-state index in [2.05, 4.69) is 10.3 Å². The SMILES string of the molecule is COc1ccc(C(=O)Nc2nc3c(ccc4ccccc43)s2)cc1S(=O)(=O)N1CCOCC1. The Morgan fingerprint density at radius 3 is 2.70 bits per heavy atom. The number of hydrogen-bond donors (Lipinski definition) is 1. The van der Waals surface area contributed by atoms with Gasteiger partial charge in [-0.1, -0.05) is 41.7 Å². The number of sulfonamides is 1. The van der Waals surface area contributed by atoms with E-state index in [1.807, 2.05) is 36.4 Å². The maximum atomic E-state index is 13.2. The van der Waals surface area contributed by atoms with Crippen LogP contribution in [0.5, 0.6) is 5.75 Å². The molecule has 33 heavy (non-hydrogen) atoms. The first-order valence-corrected chi connectivity index (χ1v) is 12.6. The second-order valence-corrected chi connectivity index (χ2v) is 10.4. The minimum absolute atomic E-state index is 0.0464. The molecule has 1 aliphatic heterocycles. The van der Waals surface area contributed by atoms with Crippen molar-refractivity contribution in [3.63, 3.8) is 0 Å². The van der Waals surface area contributed by atoms with Crippen LogP contribution in [0.1, 0.15) is 10.4 Å². The molecular formula is C23H21N3O5S2. The molecule has 0 saturated carbocycles. The third kappa shape index (κ3) is 4.06. The fourth-order valence-corrected chi connectivity index (χ4v) is 6.30. The number of morpholine rings is 1. The highest BCUT2D eigenvalue weighted by molar-refractivity contribution is 7.89. The van der Waals surface area contributed by atoms with E-state index in [-0.39, 0.29) is 29.3 Å². The van der Waals surface area contributed by atoms with Gasteiger partial charge >= 0.3 is 0 Å². The number of amides is 1. The largest absolute Gasteiger partial charge is 0.495 e. The Morgan fingerprint density at radius 1 is 1.12 bits per heavy atom. The molecule has 3 aromatic carbocycles. The summed E-state index contributed by atoms with van der Waals surface area (Å²) in [4.78, 5) is 17.6. The topological polar surface area (TPSA) is 97.8 Å². The summed E-state index contributed by atoms with van der Waals surface area (Å²) in [6.07, 6.45) is 0. The standard InChI is InChI=1S/C23H21N3O5S2/c1-30-18-8-6-16(14-20(18)33(28,29)26-10-12-31-13-11-26)22(27)25-23-24-21-17-5-3-2-4-15(17)7-9-19(21)32-23/h2-9,14H,10-13H2,1H3,(H,24,25,27). The molecule has 0 radical (unpaired) electrons. The Balaban J connectivity index is 1.46. The molecule has 4 aromatic rings. The summed E-state index contributed by atoms with van der Waals surface area (Å²) >= 11 is 1.37. The number of ether oxygens (including phenoxy) is 2. The fourth-order valence-electron chi connectivity index (χ4n) is 3.83. The molecule has 1 aromatic heterocycles. The van der Waals surface area contributed by atoms with Crippen molar-refractivity contribution < 1.29 is 22.7 Å². The molecule has 170 valence electrons. The van der Waals surface area contributed by atoms with E-state index in [1.165, 1.54) is 41.0 Å². The van der Waals surface area contributed by atoms with E-state index in [0.29, 0.717) is 18.3 Å². The monoisotopic (exact) mass is 483 g/mol. The lowest BCUT2D eigenvalue weighted by molar-refractivity contribution is 0.0729. The van der Waals surface area contributed by atoms with Crippen LogP contribution in [-0.2, 0) is 14.8 Å². The molecule has 0 atom stereocenters. The number of carbonyl (C=O) groups excluding carboxylic acids is 1. The Kier molecular flexibility index (Phi) is 5.75. The van der Waals surface area contributed by atoms with Crippen molar-refractivity contribution in [2.24, 2.45) is 0 Å². The highest BCUT2D eigenvalue weighted by atomic mass is 32.2. The van der Waals surface area contributed by atoms with Crippen LogP contribution >= 0.6 is 11.3 Å². The van der Waals surface area contributed by atoms with Gasteiger partial charge in [-0.2, -0.15) is 4.31 Å². The molecule has 10 heteroatoms. The maximum absolute atomic E-state index is 13.2. The van der Waals surface area contributed by atoms with E-state index in [1.54, 1.807) is 0 Å². The molecule has 1 amide bonds. The van der Waals surface area contributed by atoms with Crippen LogP contribution in [0, 0.1) is 0 Å². The van der Waals surface area contributed by atoms with Gasteiger partial charge in [0.1, 0.15) is 10.6 Å². The number of thiazole rings is 1. The number of nitrogens with zero attached hydrogens (tertiary/aromatic N) is 2. The van der Waals surface area contributed by atoms with Crippen LogP contribution in [0.3, 0.4) is 0 Å². The molecule has 0 spiro atoms. The van der Waals surface area contributed by atoms with Gasteiger partial charge in [-0.15, -0.1) is 0 Å². The first-order chi connectivity index (χ1) is 16.0. The van der Waals surface area contributed by atoms with Gasteiger partial charge in [-0.25, -0.2) is 13.4 Å². The van der Waals surface area contributed by atoms with Crippen molar-refractivity contribution in [2.75, 3.05) is 38.7 Å². The second kappa shape index (κ2) is 8.71. The van der Waals surface area contributed by atoms with Gasteiger partial charge in [-0.05, 0) is 29.7 Å². The molecule has 0 aliphatic carbocycles. The van der Waals surface area contributed by atoms with Gasteiger partial charge in [0.05, 0.1) is 30.5 Å². The average molecular weight is 484 g/mol. The van der Waals surface area contributed by atoms with Gasteiger partial charge in [0.25, 0.3) is 5.91 Å². The Labute approximate surface area is 194 Å². The molecule has 1 N–H and O–H groups in total. The van der Waals surface area contributed by atoms with Crippen LogP contribution in [0.4, 0.5) is 5.13 Å². The zero-order valence-electron chi connectivity index (χ0n) is 17.8. The van der Waals surface area contributed by atoms with Crippen molar-refractivity contribution in [3.05, 3.63) is 60.2 Å². The molecule has 0 bridgehead atoms. The zero-order valence-corrected chi connectivity index (χ0v) is 19.4. The lowest BCUT2D eigenvalue weighted by Crippen LogP contribution is -2.40. The van der Waals surface area contributed by atoms with Crippen molar-refractivity contribution in [1.29, 1.82) is 0 Å².